The van der Waals surface area contributed by atoms with E-state index in [9.17, 15) is 0 Å². The molecule has 0 saturated carbocycles. The largest absolute Gasteiger partial charge is 0.451 e. The number of likely N-dealkylation sites (tertiary alicyclic amines) is 1. The van der Waals surface area contributed by atoms with Gasteiger partial charge < -0.3 is 15.8 Å². The van der Waals surface area contributed by atoms with E-state index < -0.39 is 7.12 Å². The number of para-hydroxylation sites is 1. The van der Waals surface area contributed by atoms with Crippen molar-refractivity contribution in [2.45, 2.75) is 51.0 Å². The quantitative estimate of drug-likeness (QED) is 0.500. The smallest absolute Gasteiger partial charge is 0.427 e. The number of nitrogens with two attached hydrogens (primary N) is 1. The molecule has 1 aromatic carbocycles. The van der Waals surface area contributed by atoms with Crippen molar-refractivity contribution in [3.05, 3.63) is 42.1 Å². The molecule has 2 aromatic rings. The Morgan fingerprint density at radius 1 is 1.15 bits per heavy atom. The number of pyridine rings is 1. The number of hydrogen-bond acceptors (Lipinski definition) is 5. The lowest BCUT2D eigenvalue weighted by Crippen LogP contribution is -2.40. The summed E-state index contributed by atoms with van der Waals surface area (Å²) in [7, 11) is -1.18. The number of fused-ring (bicyclic) bond motifs is 1. The van der Waals surface area contributed by atoms with E-state index in [0.29, 0.717) is 12.2 Å². The Balaban J connectivity index is 1.46. The van der Waals surface area contributed by atoms with Crippen LogP contribution in [0, 0.1) is 5.92 Å². The van der Waals surface area contributed by atoms with Crippen molar-refractivity contribution in [2.24, 2.45) is 11.7 Å². The average Bonchev–Trinajstić information content (AvgIpc) is 2.66. The Bertz CT molecular complexity index is 684. The number of rotatable bonds is 8. The minimum atomic E-state index is -1.18. The van der Waals surface area contributed by atoms with Crippen molar-refractivity contribution in [2.75, 3.05) is 13.1 Å². The van der Waals surface area contributed by atoms with Crippen molar-refractivity contribution in [3.63, 3.8) is 0 Å². The summed E-state index contributed by atoms with van der Waals surface area (Å²) in [4.78, 5) is 7.07. The zero-order valence-corrected chi connectivity index (χ0v) is 15.4. The van der Waals surface area contributed by atoms with Crippen LogP contribution in [0.15, 0.2) is 36.5 Å². The Morgan fingerprint density at radius 3 is 2.69 bits per heavy atom. The highest BCUT2D eigenvalue weighted by Gasteiger charge is 2.24. The number of aromatic nitrogens is 1. The van der Waals surface area contributed by atoms with Gasteiger partial charge in [-0.1, -0.05) is 37.1 Å². The van der Waals surface area contributed by atoms with Crippen LogP contribution >= 0.6 is 0 Å². The number of unbranched alkanes of at least 4 members (excludes halogenated alkanes) is 1. The summed E-state index contributed by atoms with van der Waals surface area (Å²) in [6.45, 7) is 3.11. The molecule has 0 spiro atoms. The average molecular weight is 355 g/mol. The summed E-state index contributed by atoms with van der Waals surface area (Å²) in [5.74, 6) is 0.580. The number of piperidine rings is 1. The molecule has 6 heteroatoms. The van der Waals surface area contributed by atoms with Crippen LogP contribution in [0.5, 0.6) is 0 Å². The maximum absolute atomic E-state index is 8.90. The second kappa shape index (κ2) is 9.46. The molecule has 1 saturated heterocycles. The number of hydrogen-bond donors (Lipinski definition) is 3. The van der Waals surface area contributed by atoms with E-state index in [1.807, 2.05) is 12.3 Å². The summed E-state index contributed by atoms with van der Waals surface area (Å²) in [6.07, 6.45) is 7.38. The molecule has 1 atom stereocenters. The zero-order valence-electron chi connectivity index (χ0n) is 15.4. The highest BCUT2D eigenvalue weighted by Crippen LogP contribution is 2.25. The lowest BCUT2D eigenvalue weighted by Gasteiger charge is -2.35. The third kappa shape index (κ3) is 5.27. The highest BCUT2D eigenvalue weighted by atomic mass is 16.4. The van der Waals surface area contributed by atoms with Crippen molar-refractivity contribution in [3.8, 4) is 0 Å². The molecule has 1 fully saturated rings. The van der Waals surface area contributed by atoms with E-state index in [2.05, 4.69) is 34.1 Å². The van der Waals surface area contributed by atoms with Gasteiger partial charge in [0.2, 0.25) is 0 Å². The summed E-state index contributed by atoms with van der Waals surface area (Å²) in [6, 6.07) is 10.8. The van der Waals surface area contributed by atoms with E-state index in [1.165, 1.54) is 10.9 Å². The predicted octanol–water partition coefficient (Wildman–Crippen LogP) is 2.42. The molecule has 26 heavy (non-hydrogen) atoms. The van der Waals surface area contributed by atoms with Gasteiger partial charge in [0.15, 0.2) is 0 Å². The second-order valence-electron chi connectivity index (χ2n) is 7.53. The van der Waals surface area contributed by atoms with Gasteiger partial charge in [-0.05, 0) is 56.2 Å². The van der Waals surface area contributed by atoms with E-state index in [-0.39, 0.29) is 6.04 Å². The van der Waals surface area contributed by atoms with Crippen LogP contribution in [-0.4, -0.2) is 46.2 Å². The van der Waals surface area contributed by atoms with E-state index in [0.717, 1.165) is 57.3 Å². The van der Waals surface area contributed by atoms with Crippen LogP contribution in [0.2, 0.25) is 6.32 Å². The fraction of sp³-hybridized carbons (Fsp3) is 0.550. The summed E-state index contributed by atoms with van der Waals surface area (Å²) in [5.41, 5.74) is 8.79. The van der Waals surface area contributed by atoms with Crippen LogP contribution in [-0.2, 0) is 6.54 Å². The van der Waals surface area contributed by atoms with Gasteiger partial charge in [0, 0.05) is 24.2 Å². The van der Waals surface area contributed by atoms with Crippen LogP contribution in [0.4, 0.5) is 0 Å². The van der Waals surface area contributed by atoms with Gasteiger partial charge in [0.1, 0.15) is 0 Å². The fourth-order valence-corrected chi connectivity index (χ4v) is 4.02. The van der Waals surface area contributed by atoms with Crippen molar-refractivity contribution in [1.29, 1.82) is 0 Å². The molecular formula is C20H30BN3O2. The number of nitrogens with zero attached hydrogens (tertiary/aromatic N) is 2. The van der Waals surface area contributed by atoms with Gasteiger partial charge in [-0.15, -0.1) is 0 Å². The lowest BCUT2D eigenvalue weighted by atomic mass is 9.82. The molecule has 0 radical (unpaired) electrons. The normalized spacial score (nSPS) is 17.5. The molecule has 0 aliphatic carbocycles. The molecule has 1 aliphatic rings. The molecule has 3 rings (SSSR count). The standard InChI is InChI=1S/C20H30BN3O2/c22-19(8-1-2-11-21(25)26)16-9-13-24(14-10-16)15-18-6-3-5-17-7-4-12-23-20(17)18/h3-7,12,16,19,25-26H,1-2,8-11,13-15,22H2. The molecular weight excluding hydrogens is 325 g/mol. The molecule has 2 heterocycles. The Kier molecular flexibility index (Phi) is 7.03. The molecule has 1 unspecified atom stereocenters. The molecule has 140 valence electrons. The molecule has 1 aliphatic heterocycles. The first kappa shape index (κ1) is 19.3. The molecule has 0 bridgehead atoms. The summed E-state index contributed by atoms with van der Waals surface area (Å²) < 4.78 is 0. The van der Waals surface area contributed by atoms with Crippen molar-refractivity contribution in [1.82, 2.24) is 9.88 Å². The van der Waals surface area contributed by atoms with E-state index in [4.69, 9.17) is 15.8 Å². The maximum Gasteiger partial charge on any atom is 0.451 e. The molecule has 1 aromatic heterocycles. The zero-order chi connectivity index (χ0) is 18.4. The Morgan fingerprint density at radius 2 is 1.92 bits per heavy atom. The second-order valence-corrected chi connectivity index (χ2v) is 7.53. The van der Waals surface area contributed by atoms with Gasteiger partial charge in [-0.25, -0.2) is 0 Å². The predicted molar refractivity (Wildman–Crippen MR) is 107 cm³/mol. The number of benzene rings is 1. The SMILES string of the molecule is NC(CCCCB(O)O)C1CCN(Cc2cccc3cccnc23)CC1. The molecule has 0 amide bonds. The topological polar surface area (TPSA) is 82.6 Å². The van der Waals surface area contributed by atoms with Crippen LogP contribution in [0.3, 0.4) is 0 Å². The minimum absolute atomic E-state index is 0.229. The van der Waals surface area contributed by atoms with Crippen LogP contribution in [0.25, 0.3) is 10.9 Å². The minimum Gasteiger partial charge on any atom is -0.427 e. The van der Waals surface area contributed by atoms with Gasteiger partial charge in [0.25, 0.3) is 0 Å². The van der Waals surface area contributed by atoms with Gasteiger partial charge >= 0.3 is 7.12 Å². The summed E-state index contributed by atoms with van der Waals surface area (Å²) >= 11 is 0. The Labute approximate surface area is 156 Å². The van der Waals surface area contributed by atoms with Crippen LogP contribution < -0.4 is 5.73 Å². The van der Waals surface area contributed by atoms with E-state index in [1.54, 1.807) is 0 Å². The first-order chi connectivity index (χ1) is 12.6. The first-order valence-electron chi connectivity index (χ1n) is 9.80. The van der Waals surface area contributed by atoms with Gasteiger partial charge in [-0.3, -0.25) is 9.88 Å². The van der Waals surface area contributed by atoms with Gasteiger partial charge in [-0.2, -0.15) is 0 Å². The monoisotopic (exact) mass is 355 g/mol. The molecule has 4 N–H and O–H groups in total. The Hall–Kier alpha value is -1.47. The third-order valence-corrected chi connectivity index (χ3v) is 5.60. The van der Waals surface area contributed by atoms with E-state index >= 15 is 0 Å². The third-order valence-electron chi connectivity index (χ3n) is 5.60. The molecule has 5 nitrogen and oxygen atoms in total. The fourth-order valence-electron chi connectivity index (χ4n) is 4.02. The van der Waals surface area contributed by atoms with Crippen molar-refractivity contribution >= 4 is 18.0 Å². The first-order valence-corrected chi connectivity index (χ1v) is 9.80. The van der Waals surface area contributed by atoms with Gasteiger partial charge in [0.05, 0.1) is 5.52 Å². The van der Waals surface area contributed by atoms with Crippen molar-refractivity contribution < 1.29 is 10.0 Å². The maximum atomic E-state index is 8.90. The van der Waals surface area contributed by atoms with Crippen LogP contribution in [0.1, 0.15) is 37.7 Å². The summed E-state index contributed by atoms with van der Waals surface area (Å²) in [5, 5.41) is 19.0. The lowest BCUT2D eigenvalue weighted by molar-refractivity contribution is 0.159. The highest BCUT2D eigenvalue weighted by molar-refractivity contribution is 6.40.